The number of rotatable bonds is 26. The molecule has 2 unspecified atom stereocenters. The lowest BCUT2D eigenvalue weighted by molar-refractivity contribution is -0.155. The molecule has 478 valence electrons. The molecule has 30 nitrogen and oxygen atoms in total. The van der Waals surface area contributed by atoms with Gasteiger partial charge in [-0.05, 0) is 74.6 Å². The number of para-hydroxylation sites is 1. The Balaban J connectivity index is 0.858. The minimum Gasteiger partial charge on any atom is -0.558 e. The van der Waals surface area contributed by atoms with Gasteiger partial charge in [-0.15, -0.1) is 0 Å². The number of cyclic esters (lactones) is 1. The molecule has 6 aliphatic heterocycles. The zero-order chi connectivity index (χ0) is 62.9. The van der Waals surface area contributed by atoms with E-state index in [1.807, 2.05) is 26.8 Å². The number of aliphatic hydroxyl groups is 1. The van der Waals surface area contributed by atoms with Crippen LogP contribution in [0.5, 0.6) is 0 Å². The molecule has 0 spiro atoms. The maximum absolute atomic E-state index is 14.3. The van der Waals surface area contributed by atoms with Gasteiger partial charge >= 0.3 is 33.2 Å². The van der Waals surface area contributed by atoms with Crippen LogP contribution in [0.2, 0.25) is 0 Å². The molecule has 32 heteroatoms. The molecule has 2 bridgehead atoms. The van der Waals surface area contributed by atoms with Crippen LogP contribution in [-0.4, -0.2) is 262 Å². The number of carboxylic acids is 2. The molecule has 9 N–H and O–H groups in total. The maximum Gasteiger partial charge on any atom is 1.15 e. The van der Waals surface area contributed by atoms with Crippen LogP contribution in [0.25, 0.3) is 0 Å². The highest BCUT2D eigenvalue weighted by atomic mass is 27.3. The van der Waals surface area contributed by atoms with E-state index < -0.39 is 154 Å². The summed E-state index contributed by atoms with van der Waals surface area (Å²) in [5.41, 5.74) is 2.06. The van der Waals surface area contributed by atoms with Gasteiger partial charge < -0.3 is 72.7 Å². The molecule has 4 fully saturated rings. The average Bonchev–Trinajstić information content (AvgIpc) is 1.79. The van der Waals surface area contributed by atoms with Crippen LogP contribution < -0.4 is 36.8 Å². The minimum absolute atomic E-state index is 0.129. The van der Waals surface area contributed by atoms with E-state index >= 15 is 0 Å². The number of fused-ring (bicyclic) bond motifs is 3. The van der Waals surface area contributed by atoms with Crippen molar-refractivity contribution in [1.82, 2.24) is 51.5 Å². The first-order valence-corrected chi connectivity index (χ1v) is 30.9. The molecule has 7 amide bonds. The Morgan fingerprint density at radius 3 is 1.97 bits per heavy atom. The number of nitrogens with zero attached hydrogens (tertiary/aromatic N) is 5. The van der Waals surface area contributed by atoms with Gasteiger partial charge in [-0.1, -0.05) is 38.5 Å². The number of halogens is 1. The molecule has 6 aliphatic rings. The van der Waals surface area contributed by atoms with Crippen LogP contribution in [0.3, 0.4) is 0 Å². The highest BCUT2D eigenvalue weighted by Crippen LogP contribution is 2.39. The smallest absolute Gasteiger partial charge is 0.558 e. The number of amides is 7. The number of carbonyl (C=O) groups excluding carboxylic acids is 10. The molecular weight excluding hydrogens is 1160 g/mol. The summed E-state index contributed by atoms with van der Waals surface area (Å²) in [5.74, 6) is -9.93. The summed E-state index contributed by atoms with van der Waals surface area (Å²) in [6.07, 6.45) is -1.11. The van der Waals surface area contributed by atoms with Gasteiger partial charge in [0.15, 0.2) is 0 Å². The Bertz CT molecular complexity index is 2670. The fraction of sp³-hybridized carbons (Fsp3) is 0.673. The number of carbonyl (C=O) groups is 12. The number of nitrogens with one attached hydrogen (secondary N) is 6. The summed E-state index contributed by atoms with van der Waals surface area (Å²) in [7, 11) is 0. The van der Waals surface area contributed by atoms with Gasteiger partial charge in [0.05, 0.1) is 38.3 Å². The van der Waals surface area contributed by atoms with E-state index in [9.17, 15) is 76.4 Å². The highest BCUT2D eigenvalue weighted by Gasteiger charge is 2.47. The van der Waals surface area contributed by atoms with E-state index in [1.54, 1.807) is 19.9 Å². The Labute approximate surface area is 506 Å². The molecule has 0 radical (unpaired) electrons. The minimum atomic E-state index is -3.93. The molecular formula is C55H79AlFN11O19. The van der Waals surface area contributed by atoms with Gasteiger partial charge in [0.25, 0.3) is 11.9 Å². The van der Waals surface area contributed by atoms with E-state index in [0.29, 0.717) is 90.3 Å². The van der Waals surface area contributed by atoms with E-state index in [0.717, 1.165) is 11.1 Å². The second kappa shape index (κ2) is 32.4. The topological polar surface area (TPSA) is 391 Å². The summed E-state index contributed by atoms with van der Waals surface area (Å²) in [5, 5.41) is 44.7. The predicted molar refractivity (Wildman–Crippen MR) is 301 cm³/mol. The van der Waals surface area contributed by atoms with Crippen molar-refractivity contribution in [3.05, 3.63) is 29.3 Å². The van der Waals surface area contributed by atoms with Crippen LogP contribution in [0.1, 0.15) is 82.8 Å². The molecule has 1 aromatic carbocycles. The zero-order valence-corrected chi connectivity index (χ0v) is 50.0. The molecule has 1 aromatic rings. The van der Waals surface area contributed by atoms with Gasteiger partial charge in [0.1, 0.15) is 42.9 Å². The van der Waals surface area contributed by atoms with E-state index in [4.69, 9.17) is 17.1 Å². The lowest BCUT2D eigenvalue weighted by Gasteiger charge is -2.35. The summed E-state index contributed by atoms with van der Waals surface area (Å²) in [6.45, 7) is 6.99. The number of benzene rings is 1. The van der Waals surface area contributed by atoms with Crippen molar-refractivity contribution in [3.8, 4) is 0 Å². The number of anilines is 1. The Morgan fingerprint density at radius 2 is 1.36 bits per heavy atom. The first kappa shape index (κ1) is 67.6. The Morgan fingerprint density at radius 1 is 0.736 bits per heavy atom. The number of carboxylic acid groups (broad SMARTS) is 2. The second-order valence-electron chi connectivity index (χ2n) is 22.8. The number of piperidine rings is 1. The maximum atomic E-state index is 14.3. The molecule has 7 rings (SSSR count). The van der Waals surface area contributed by atoms with Crippen LogP contribution >= 0.6 is 0 Å². The van der Waals surface area contributed by atoms with Crippen molar-refractivity contribution in [1.29, 1.82) is 0 Å². The molecule has 6 heterocycles. The predicted octanol–water partition coefficient (Wildman–Crippen LogP) is -3.83. The quantitative estimate of drug-likeness (QED) is 0.0244. The average molecular weight is 1240 g/mol. The summed E-state index contributed by atoms with van der Waals surface area (Å²) >= 11 is -3.93. The molecule has 4 saturated heterocycles. The highest BCUT2D eigenvalue weighted by molar-refractivity contribution is 6.41. The number of likely N-dealkylation sites (tertiary alicyclic amines) is 1. The number of hydrogen-bond acceptors (Lipinski definition) is 21. The number of aliphatic hydroxyl groups excluding tert-OH is 1. The van der Waals surface area contributed by atoms with Crippen molar-refractivity contribution in [2.45, 2.75) is 127 Å². The number of aryl methyl sites for hydroxylation is 1. The number of hydrogen-bond donors (Lipinski definition) is 9. The fourth-order valence-corrected chi connectivity index (χ4v) is 12.1. The number of esters is 1. The SMILES string of the molecule is CC[C@H](C)[C@H](NC(=O)COCCNC(=O)[C@@H](CCC(=O)O)NC(=O)[C@@H](CCC(=O)O)NC(=O)CN1CCC(CN2CCN3CCN(CC2)CC(=O)[O][Al]([F])[O]C(=O)C3)CC1)C(=O)N[C@H]1CCc2cccc3c2N(C1=O)[C@H](C(=O)N[C@@H]1CC(=O)O[C@@H]1O)C3. The van der Waals surface area contributed by atoms with Crippen molar-refractivity contribution in [3.63, 3.8) is 0 Å². The van der Waals surface area contributed by atoms with Gasteiger partial charge in [-0.2, -0.15) is 0 Å². The molecule has 0 aromatic heterocycles. The van der Waals surface area contributed by atoms with Gasteiger partial charge in [0.2, 0.25) is 47.6 Å². The lowest BCUT2D eigenvalue weighted by Crippen LogP contribution is -2.59. The van der Waals surface area contributed by atoms with Crippen LogP contribution in [0.15, 0.2) is 18.2 Å². The van der Waals surface area contributed by atoms with E-state index in [1.165, 1.54) is 4.90 Å². The third kappa shape index (κ3) is 20.1. The molecule has 0 aliphatic carbocycles. The first-order valence-electron chi connectivity index (χ1n) is 29.6. The van der Waals surface area contributed by atoms with E-state index in [-0.39, 0.29) is 70.8 Å². The van der Waals surface area contributed by atoms with Crippen molar-refractivity contribution < 1.29 is 93.4 Å². The van der Waals surface area contributed by atoms with Crippen LogP contribution in [0, 0.1) is 11.8 Å². The normalized spacial score (nSPS) is 24.3. The van der Waals surface area contributed by atoms with Gasteiger partial charge in [-0.25, -0.2) is 0 Å². The van der Waals surface area contributed by atoms with Crippen LogP contribution in [-0.2, 0) is 87.4 Å². The number of aliphatic carboxylic acids is 2. The number of ether oxygens (including phenoxy) is 2. The Kier molecular flexibility index (Phi) is 25.1. The zero-order valence-electron chi connectivity index (χ0n) is 48.9. The largest absolute Gasteiger partial charge is 1.15 e. The van der Waals surface area contributed by atoms with E-state index in [2.05, 4.69) is 36.8 Å². The van der Waals surface area contributed by atoms with Crippen LogP contribution in [0.4, 0.5) is 9.21 Å². The van der Waals surface area contributed by atoms with Gasteiger partial charge in [0, 0.05) is 71.6 Å². The van der Waals surface area contributed by atoms with Crippen molar-refractivity contribution >= 4 is 92.2 Å². The monoisotopic (exact) mass is 1240 g/mol. The molecule has 10 atom stereocenters. The Hall–Kier alpha value is -6.92. The summed E-state index contributed by atoms with van der Waals surface area (Å²) < 4.78 is 33.9. The molecule has 0 saturated carbocycles. The summed E-state index contributed by atoms with van der Waals surface area (Å²) in [6, 6.07) is -1.79. The first-order chi connectivity index (χ1) is 41.5. The lowest BCUT2D eigenvalue weighted by atomic mass is 9.96. The summed E-state index contributed by atoms with van der Waals surface area (Å²) in [4.78, 5) is 165. The standard InChI is InChI=1S/C55H81N11O19.Al.FH/c1-3-32(2)48(53(81)59-38-8-7-34-5-4-6-35-25-40(66(49(34)35)54(38)82)52(80)60-39-26-47(77)85-55(39)83)61-42(68)31-84-24-15-56-50(78)36(9-11-43(69)70)58-51(79)37(10-12-44(71)72)57-41(67)28-62-16-13-33(14-17-62)27-63-18-20-64(29-45(73)74)22-23-65(21-19-63)30-46(75)76;;/h4-6,32-33,36-40,48,55,83H,3,7-31H2,1-2H3,(H,56,78)(H,57,67)(H,58,79)(H,59,81)(H,60,80)(H,61,68)(H,69,70)(H,71,72)(H,73,74)(H,75,76);;1H/q;+3;/p-3/t32-,36+,37+,38-,39+,40-,48-,55-;;/m0../s1. The van der Waals surface area contributed by atoms with Crippen molar-refractivity contribution in [2.75, 3.05) is 103 Å². The van der Waals surface area contributed by atoms with Gasteiger partial charge in [-0.3, -0.25) is 77.1 Å². The third-order valence-corrected chi connectivity index (χ3v) is 17.3. The third-order valence-electron chi connectivity index (χ3n) is 16.4. The van der Waals surface area contributed by atoms with Crippen molar-refractivity contribution in [2.24, 2.45) is 11.8 Å². The fourth-order valence-electron chi connectivity index (χ4n) is 11.5. The second-order valence-corrected chi connectivity index (χ2v) is 23.8. The molecule has 87 heavy (non-hydrogen) atoms.